The summed E-state index contributed by atoms with van der Waals surface area (Å²) < 4.78 is 23.5. The van der Waals surface area contributed by atoms with Gasteiger partial charge in [-0.15, -0.1) is 0 Å². The molecule has 0 bridgehead atoms. The first-order valence-electron chi connectivity index (χ1n) is 8.88. The third kappa shape index (κ3) is 4.26. The van der Waals surface area contributed by atoms with E-state index in [2.05, 4.69) is 5.32 Å². The fraction of sp³-hybridized carbons (Fsp3) is 0.579. The Kier molecular flexibility index (Phi) is 5.80. The minimum atomic E-state index is -3.10. The number of aryl methyl sites for hydroxylation is 2. The lowest BCUT2D eigenvalue weighted by atomic mass is 9.89. The van der Waals surface area contributed by atoms with E-state index in [1.165, 1.54) is 4.90 Å². The van der Waals surface area contributed by atoms with Crippen LogP contribution in [-0.4, -0.2) is 49.2 Å². The van der Waals surface area contributed by atoms with Gasteiger partial charge in [-0.3, -0.25) is 9.59 Å². The van der Waals surface area contributed by atoms with Gasteiger partial charge in [0.25, 0.3) is 0 Å². The zero-order chi connectivity index (χ0) is 19.7. The van der Waals surface area contributed by atoms with Crippen molar-refractivity contribution >= 4 is 27.3 Å². The normalized spacial score (nSPS) is 19.2. The number of hydrogen-bond donors (Lipinski definition) is 1. The average Bonchev–Trinajstić information content (AvgIpc) is 2.90. The van der Waals surface area contributed by atoms with Crippen molar-refractivity contribution in [2.75, 3.05) is 23.4 Å². The van der Waals surface area contributed by atoms with Gasteiger partial charge in [-0.2, -0.15) is 0 Å². The van der Waals surface area contributed by atoms with Crippen molar-refractivity contribution in [2.45, 2.75) is 47.1 Å². The van der Waals surface area contributed by atoms with Crippen molar-refractivity contribution in [1.29, 1.82) is 0 Å². The summed E-state index contributed by atoms with van der Waals surface area (Å²) >= 11 is 0. The largest absolute Gasteiger partial charge is 0.338 e. The van der Waals surface area contributed by atoms with Crippen LogP contribution in [0.4, 0.5) is 5.69 Å². The second kappa shape index (κ2) is 7.39. The van der Waals surface area contributed by atoms with Crippen LogP contribution in [0.2, 0.25) is 0 Å². The van der Waals surface area contributed by atoms with Crippen molar-refractivity contribution in [3.8, 4) is 0 Å². The fourth-order valence-electron chi connectivity index (χ4n) is 3.28. The summed E-state index contributed by atoms with van der Waals surface area (Å²) in [5, 5.41) is 2.84. The van der Waals surface area contributed by atoms with Crippen LogP contribution in [0.3, 0.4) is 0 Å². The van der Waals surface area contributed by atoms with E-state index in [4.69, 9.17) is 0 Å². The lowest BCUT2D eigenvalue weighted by molar-refractivity contribution is -0.147. The van der Waals surface area contributed by atoms with Gasteiger partial charge in [0.2, 0.25) is 11.8 Å². The number of nitrogens with zero attached hydrogens (tertiary/aromatic N) is 1. The van der Waals surface area contributed by atoms with Crippen LogP contribution in [0.1, 0.15) is 38.3 Å². The summed E-state index contributed by atoms with van der Waals surface area (Å²) in [6.07, 6.45) is 0.427. The number of benzene rings is 1. The average molecular weight is 381 g/mol. The smallest absolute Gasteiger partial charge is 0.239 e. The second-order valence-corrected chi connectivity index (χ2v) is 9.77. The number of rotatable bonds is 5. The molecule has 0 aliphatic carbocycles. The Bertz CT molecular complexity index is 815. The second-order valence-electron chi connectivity index (χ2n) is 7.55. The van der Waals surface area contributed by atoms with E-state index in [0.29, 0.717) is 18.7 Å². The van der Waals surface area contributed by atoms with Crippen LogP contribution in [0.5, 0.6) is 0 Å². The van der Waals surface area contributed by atoms with Gasteiger partial charge in [-0.25, -0.2) is 8.42 Å². The maximum absolute atomic E-state index is 13.0. The number of anilines is 1. The molecule has 0 spiro atoms. The van der Waals surface area contributed by atoms with E-state index >= 15 is 0 Å². The van der Waals surface area contributed by atoms with Gasteiger partial charge in [0.05, 0.1) is 11.5 Å². The first kappa shape index (κ1) is 20.4. The van der Waals surface area contributed by atoms with Crippen molar-refractivity contribution in [2.24, 2.45) is 5.41 Å². The number of sulfone groups is 1. The molecule has 1 aromatic rings. The maximum Gasteiger partial charge on any atom is 0.239 e. The number of hydrogen-bond acceptors (Lipinski definition) is 4. The molecule has 2 amide bonds. The Labute approximate surface area is 155 Å². The molecule has 1 heterocycles. The van der Waals surface area contributed by atoms with Crippen LogP contribution < -0.4 is 5.32 Å². The molecule has 1 N–H and O–H groups in total. The Hall–Kier alpha value is -1.89. The molecule has 144 valence electrons. The van der Waals surface area contributed by atoms with E-state index in [9.17, 15) is 18.0 Å². The topological polar surface area (TPSA) is 83.6 Å². The molecular formula is C19H28N2O4S. The number of carbonyl (C=O) groups is 2. The minimum Gasteiger partial charge on any atom is -0.338 e. The summed E-state index contributed by atoms with van der Waals surface area (Å²) in [6.45, 7) is 9.22. The summed E-state index contributed by atoms with van der Waals surface area (Å²) in [7, 11) is -3.10. The third-order valence-electron chi connectivity index (χ3n) is 4.98. The van der Waals surface area contributed by atoms with E-state index < -0.39 is 21.2 Å². The number of carbonyl (C=O) groups excluding carboxylic acids is 2. The fourth-order valence-corrected chi connectivity index (χ4v) is 5.01. The third-order valence-corrected chi connectivity index (χ3v) is 6.73. The van der Waals surface area contributed by atoms with Gasteiger partial charge in [0.1, 0.15) is 5.41 Å². The highest BCUT2D eigenvalue weighted by atomic mass is 32.2. The molecule has 0 aromatic heterocycles. The van der Waals surface area contributed by atoms with Crippen LogP contribution in [-0.2, 0) is 19.4 Å². The highest BCUT2D eigenvalue weighted by molar-refractivity contribution is 7.91. The Balaban J connectivity index is 2.18. The van der Waals surface area contributed by atoms with Gasteiger partial charge < -0.3 is 10.2 Å². The molecule has 1 aromatic carbocycles. The molecule has 7 heteroatoms. The van der Waals surface area contributed by atoms with E-state index in [1.807, 2.05) is 32.0 Å². The molecule has 1 saturated heterocycles. The Morgan fingerprint density at radius 2 is 1.92 bits per heavy atom. The van der Waals surface area contributed by atoms with Gasteiger partial charge in [-0.05, 0) is 52.7 Å². The van der Waals surface area contributed by atoms with Crippen LogP contribution >= 0.6 is 0 Å². The molecule has 1 unspecified atom stereocenters. The Morgan fingerprint density at radius 3 is 2.42 bits per heavy atom. The summed E-state index contributed by atoms with van der Waals surface area (Å²) in [5.74, 6) is -0.670. The molecule has 1 atom stereocenters. The van der Waals surface area contributed by atoms with E-state index in [1.54, 1.807) is 20.8 Å². The molecule has 1 aliphatic rings. The van der Waals surface area contributed by atoms with E-state index in [-0.39, 0.29) is 23.5 Å². The highest BCUT2D eigenvalue weighted by Gasteiger charge is 2.43. The van der Waals surface area contributed by atoms with Crippen LogP contribution in [0.15, 0.2) is 18.2 Å². The number of amides is 2. The molecule has 26 heavy (non-hydrogen) atoms. The summed E-state index contributed by atoms with van der Waals surface area (Å²) in [4.78, 5) is 27.4. The quantitative estimate of drug-likeness (QED) is 0.795. The zero-order valence-corrected chi connectivity index (χ0v) is 16.9. The molecule has 0 radical (unpaired) electrons. The van der Waals surface area contributed by atoms with Crippen LogP contribution in [0.25, 0.3) is 0 Å². The first-order valence-corrected chi connectivity index (χ1v) is 10.7. The lowest BCUT2D eigenvalue weighted by Gasteiger charge is -2.34. The van der Waals surface area contributed by atoms with Crippen molar-refractivity contribution in [1.82, 2.24) is 4.90 Å². The Morgan fingerprint density at radius 1 is 1.27 bits per heavy atom. The molecule has 2 rings (SSSR count). The molecule has 0 saturated carbocycles. The summed E-state index contributed by atoms with van der Waals surface area (Å²) in [6, 6.07) is 5.33. The summed E-state index contributed by atoms with van der Waals surface area (Å²) in [5.41, 5.74) is 1.40. The van der Waals surface area contributed by atoms with Crippen molar-refractivity contribution in [3.63, 3.8) is 0 Å². The molecule has 6 nitrogen and oxygen atoms in total. The predicted octanol–water partition coefficient (Wildman–Crippen LogP) is 2.30. The molecule has 1 fully saturated rings. The van der Waals surface area contributed by atoms with Gasteiger partial charge in [0.15, 0.2) is 9.84 Å². The SMILES string of the molecule is CCN(C(=O)C(C)(C)C(=O)Nc1ccc(C)cc1C)C1CCS(=O)(=O)C1. The van der Waals surface area contributed by atoms with Gasteiger partial charge >= 0.3 is 0 Å². The monoisotopic (exact) mass is 380 g/mol. The molecule has 1 aliphatic heterocycles. The van der Waals surface area contributed by atoms with Crippen LogP contribution in [0, 0.1) is 19.3 Å². The maximum atomic E-state index is 13.0. The lowest BCUT2D eigenvalue weighted by Crippen LogP contribution is -2.51. The van der Waals surface area contributed by atoms with Gasteiger partial charge in [0, 0.05) is 18.3 Å². The molecular weight excluding hydrogens is 352 g/mol. The number of nitrogens with one attached hydrogen (secondary N) is 1. The minimum absolute atomic E-state index is 0.0264. The van der Waals surface area contributed by atoms with Crippen molar-refractivity contribution in [3.05, 3.63) is 29.3 Å². The highest BCUT2D eigenvalue weighted by Crippen LogP contribution is 2.27. The van der Waals surface area contributed by atoms with Crippen molar-refractivity contribution < 1.29 is 18.0 Å². The first-order chi connectivity index (χ1) is 12.0. The zero-order valence-electron chi connectivity index (χ0n) is 16.1. The van der Waals surface area contributed by atoms with E-state index in [0.717, 1.165) is 11.1 Å². The van der Waals surface area contributed by atoms with Gasteiger partial charge in [-0.1, -0.05) is 17.7 Å². The predicted molar refractivity (Wildman–Crippen MR) is 103 cm³/mol. The standard InChI is InChI=1S/C19H28N2O4S/c1-6-21(15-9-10-26(24,25)12-15)18(23)19(4,5)17(22)20-16-8-7-13(2)11-14(16)3/h7-8,11,15H,6,9-10,12H2,1-5H3,(H,20,22).